The van der Waals surface area contributed by atoms with Crippen LogP contribution in [0.3, 0.4) is 0 Å². The zero-order chi connectivity index (χ0) is 29.1. The molecule has 0 aliphatic carbocycles. The summed E-state index contributed by atoms with van der Waals surface area (Å²) in [6.45, 7) is 5.33. The van der Waals surface area contributed by atoms with E-state index in [0.29, 0.717) is 18.9 Å². The Labute approximate surface area is 226 Å². The van der Waals surface area contributed by atoms with Crippen molar-refractivity contribution in [1.82, 2.24) is 10.2 Å². The SMILES string of the molecule is CCOCc1ccc(NC(=O)[C@H](CC(N)=O)CC(=O)[C@H](C)NC(=O)[C@H](C)CC(=O)CN2C(=O)C=CC2=O)cc1. The highest BCUT2D eigenvalue weighted by Gasteiger charge is 2.30. The summed E-state index contributed by atoms with van der Waals surface area (Å²) in [5.41, 5.74) is 6.67. The summed E-state index contributed by atoms with van der Waals surface area (Å²) in [7, 11) is 0. The van der Waals surface area contributed by atoms with Crippen molar-refractivity contribution in [2.24, 2.45) is 17.6 Å². The predicted octanol–water partition coefficient (Wildman–Crippen LogP) is 0.637. The summed E-state index contributed by atoms with van der Waals surface area (Å²) in [4.78, 5) is 86.0. The highest BCUT2D eigenvalue weighted by molar-refractivity contribution is 6.14. The molecule has 0 saturated heterocycles. The summed E-state index contributed by atoms with van der Waals surface area (Å²) in [5.74, 6) is -6.02. The number of hydrogen-bond acceptors (Lipinski definition) is 8. The highest BCUT2D eigenvalue weighted by Crippen LogP contribution is 2.17. The van der Waals surface area contributed by atoms with E-state index in [9.17, 15) is 33.6 Å². The Hall–Kier alpha value is -4.19. The average Bonchev–Trinajstić information content (AvgIpc) is 3.19. The smallest absolute Gasteiger partial charge is 0.254 e. The van der Waals surface area contributed by atoms with Crippen LogP contribution in [-0.2, 0) is 44.9 Å². The van der Waals surface area contributed by atoms with Crippen LogP contribution in [0.4, 0.5) is 5.69 Å². The second kappa shape index (κ2) is 14.7. The largest absolute Gasteiger partial charge is 0.377 e. The average molecular weight is 543 g/mol. The van der Waals surface area contributed by atoms with Gasteiger partial charge in [0.25, 0.3) is 11.8 Å². The number of imide groups is 1. The molecule has 0 spiro atoms. The molecular weight excluding hydrogens is 508 g/mol. The third kappa shape index (κ3) is 9.89. The normalized spacial score (nSPS) is 15.0. The van der Waals surface area contributed by atoms with Crippen molar-refractivity contribution < 1.29 is 38.3 Å². The van der Waals surface area contributed by atoms with Gasteiger partial charge in [0.2, 0.25) is 17.7 Å². The molecule has 0 saturated carbocycles. The van der Waals surface area contributed by atoms with Gasteiger partial charge in [-0.15, -0.1) is 0 Å². The van der Waals surface area contributed by atoms with Gasteiger partial charge >= 0.3 is 0 Å². The van der Waals surface area contributed by atoms with Crippen LogP contribution in [0.25, 0.3) is 0 Å². The lowest BCUT2D eigenvalue weighted by atomic mass is 9.94. The summed E-state index contributed by atoms with van der Waals surface area (Å²) in [6, 6.07) is 5.89. The summed E-state index contributed by atoms with van der Waals surface area (Å²) >= 11 is 0. The number of nitrogens with zero attached hydrogens (tertiary/aromatic N) is 1. The van der Waals surface area contributed by atoms with Gasteiger partial charge in [0.15, 0.2) is 11.6 Å². The van der Waals surface area contributed by atoms with Crippen molar-refractivity contribution in [3.8, 4) is 0 Å². The number of benzene rings is 1. The van der Waals surface area contributed by atoms with Crippen molar-refractivity contribution in [1.29, 1.82) is 0 Å². The van der Waals surface area contributed by atoms with Gasteiger partial charge in [-0.25, -0.2) is 0 Å². The Bertz CT molecular complexity index is 1130. The van der Waals surface area contributed by atoms with Gasteiger partial charge in [-0.3, -0.25) is 38.5 Å². The molecular formula is C27H34N4O8. The van der Waals surface area contributed by atoms with Crippen LogP contribution in [0.2, 0.25) is 0 Å². The van der Waals surface area contributed by atoms with Crippen molar-refractivity contribution in [2.75, 3.05) is 18.5 Å². The zero-order valence-electron chi connectivity index (χ0n) is 22.2. The number of carbonyl (C=O) groups excluding carboxylic acids is 7. The zero-order valence-corrected chi connectivity index (χ0v) is 22.2. The van der Waals surface area contributed by atoms with E-state index >= 15 is 0 Å². The molecule has 1 aliphatic heterocycles. The Morgan fingerprint density at radius 1 is 0.923 bits per heavy atom. The van der Waals surface area contributed by atoms with Crippen molar-refractivity contribution >= 4 is 46.8 Å². The number of rotatable bonds is 16. The number of carbonyl (C=O) groups is 7. The maximum atomic E-state index is 12.8. The van der Waals surface area contributed by atoms with Crippen LogP contribution in [0, 0.1) is 11.8 Å². The van der Waals surface area contributed by atoms with E-state index in [1.807, 2.05) is 6.92 Å². The minimum absolute atomic E-state index is 0.250. The standard InChI is InChI=1S/C27H34N4O8/c1-4-39-15-18-5-7-20(8-6-18)30-27(38)19(13-23(28)34)12-22(33)17(3)29-26(37)16(2)11-21(32)14-31-24(35)9-10-25(31)36/h5-10,16-17,19H,4,11-15H2,1-3H3,(H2,28,34)(H,29,37)(H,30,38)/t16-,17+,19+/m1/s1. The molecule has 2 rings (SSSR count). The molecule has 12 heteroatoms. The van der Waals surface area contributed by atoms with Gasteiger partial charge in [0.1, 0.15) is 0 Å². The van der Waals surface area contributed by atoms with E-state index in [-0.39, 0.29) is 19.3 Å². The van der Waals surface area contributed by atoms with Gasteiger partial charge in [-0.1, -0.05) is 19.1 Å². The number of Topliss-reactive ketones (excluding diaryl/α,β-unsaturated/α-hetero) is 2. The minimum Gasteiger partial charge on any atom is -0.377 e. The molecule has 210 valence electrons. The first-order chi connectivity index (χ1) is 18.4. The lowest BCUT2D eigenvalue weighted by Crippen LogP contribution is -2.43. The molecule has 4 N–H and O–H groups in total. The van der Waals surface area contributed by atoms with Gasteiger partial charge < -0.3 is 21.1 Å². The van der Waals surface area contributed by atoms with Crippen molar-refractivity contribution in [3.63, 3.8) is 0 Å². The number of primary amides is 1. The number of amides is 5. The number of ether oxygens (including phenoxy) is 1. The Morgan fingerprint density at radius 2 is 1.54 bits per heavy atom. The fourth-order valence-corrected chi connectivity index (χ4v) is 3.77. The third-order valence-electron chi connectivity index (χ3n) is 6.02. The molecule has 1 heterocycles. The van der Waals surface area contributed by atoms with Crippen molar-refractivity contribution in [2.45, 2.75) is 52.7 Å². The van der Waals surface area contributed by atoms with Crippen molar-refractivity contribution in [3.05, 3.63) is 42.0 Å². The van der Waals surface area contributed by atoms with Crippen LogP contribution in [0.15, 0.2) is 36.4 Å². The summed E-state index contributed by atoms with van der Waals surface area (Å²) < 4.78 is 5.33. The van der Waals surface area contributed by atoms with Crippen LogP contribution in [0.1, 0.15) is 45.6 Å². The number of nitrogens with one attached hydrogen (secondary N) is 2. The van der Waals surface area contributed by atoms with Gasteiger partial charge in [-0.2, -0.15) is 0 Å². The maximum absolute atomic E-state index is 12.8. The number of anilines is 1. The second-order valence-electron chi connectivity index (χ2n) is 9.33. The molecule has 12 nitrogen and oxygen atoms in total. The molecule has 0 aromatic heterocycles. The first-order valence-electron chi connectivity index (χ1n) is 12.5. The van der Waals surface area contributed by atoms with Gasteiger partial charge in [0, 0.05) is 49.6 Å². The topological polar surface area (TPSA) is 182 Å². The molecule has 1 aromatic rings. The van der Waals surface area contributed by atoms with E-state index < -0.39 is 65.5 Å². The van der Waals surface area contributed by atoms with Crippen LogP contribution < -0.4 is 16.4 Å². The first-order valence-corrected chi connectivity index (χ1v) is 12.5. The fraction of sp³-hybridized carbons (Fsp3) is 0.444. The minimum atomic E-state index is -1.06. The molecule has 3 atom stereocenters. The predicted molar refractivity (Wildman–Crippen MR) is 140 cm³/mol. The molecule has 39 heavy (non-hydrogen) atoms. The quantitative estimate of drug-likeness (QED) is 0.254. The monoisotopic (exact) mass is 542 g/mol. The van der Waals surface area contributed by atoms with E-state index in [4.69, 9.17) is 10.5 Å². The number of hydrogen-bond donors (Lipinski definition) is 3. The third-order valence-corrected chi connectivity index (χ3v) is 6.02. The molecule has 0 unspecified atom stereocenters. The molecule has 0 fully saturated rings. The second-order valence-corrected chi connectivity index (χ2v) is 9.33. The lowest BCUT2D eigenvalue weighted by molar-refractivity contribution is -0.141. The van der Waals surface area contributed by atoms with E-state index in [1.54, 1.807) is 24.3 Å². The summed E-state index contributed by atoms with van der Waals surface area (Å²) in [5, 5.41) is 5.18. The maximum Gasteiger partial charge on any atom is 0.254 e. The van der Waals surface area contributed by atoms with E-state index in [2.05, 4.69) is 10.6 Å². The van der Waals surface area contributed by atoms with Crippen LogP contribution >= 0.6 is 0 Å². The molecule has 0 radical (unpaired) electrons. The molecule has 5 amide bonds. The Morgan fingerprint density at radius 3 is 2.10 bits per heavy atom. The van der Waals surface area contributed by atoms with Crippen LogP contribution in [-0.4, -0.2) is 65.2 Å². The van der Waals surface area contributed by atoms with E-state index in [0.717, 1.165) is 22.6 Å². The summed E-state index contributed by atoms with van der Waals surface area (Å²) in [6.07, 6.45) is 1.15. The molecule has 1 aromatic carbocycles. The number of ketones is 2. The Balaban J connectivity index is 1.90. The Kier molecular flexibility index (Phi) is 11.7. The molecule has 1 aliphatic rings. The van der Waals surface area contributed by atoms with Crippen LogP contribution in [0.5, 0.6) is 0 Å². The first kappa shape index (κ1) is 31.0. The highest BCUT2D eigenvalue weighted by atomic mass is 16.5. The fourth-order valence-electron chi connectivity index (χ4n) is 3.77. The molecule has 0 bridgehead atoms. The van der Waals surface area contributed by atoms with Gasteiger partial charge in [-0.05, 0) is 31.5 Å². The van der Waals surface area contributed by atoms with E-state index in [1.165, 1.54) is 13.8 Å². The lowest BCUT2D eigenvalue weighted by Gasteiger charge is -2.20. The number of nitrogens with two attached hydrogens (primary N) is 1. The van der Waals surface area contributed by atoms with Gasteiger partial charge in [0.05, 0.1) is 25.1 Å².